The van der Waals surface area contributed by atoms with Crippen LogP contribution in [0.25, 0.3) is 0 Å². The lowest BCUT2D eigenvalue weighted by Gasteiger charge is -2.19. The van der Waals surface area contributed by atoms with E-state index in [1.807, 2.05) is 57.2 Å². The summed E-state index contributed by atoms with van der Waals surface area (Å²) in [5, 5.41) is 0.749. The Bertz CT molecular complexity index is 665. The van der Waals surface area contributed by atoms with Crippen molar-refractivity contribution in [1.82, 2.24) is 0 Å². The second-order valence-electron chi connectivity index (χ2n) is 6.28. The predicted molar refractivity (Wildman–Crippen MR) is 101 cm³/mol. The first-order valence-electron chi connectivity index (χ1n) is 8.62. The Morgan fingerprint density at radius 3 is 2.12 bits per heavy atom. The molecule has 0 spiro atoms. The van der Waals surface area contributed by atoms with Gasteiger partial charge in [-0.15, -0.1) is 0 Å². The maximum Gasteiger partial charge on any atom is 0.309 e. The van der Waals surface area contributed by atoms with Gasteiger partial charge in [0.2, 0.25) is 0 Å². The fourth-order valence-electron chi connectivity index (χ4n) is 2.42. The number of carbonyl (C=O) groups is 1. The molecule has 0 saturated heterocycles. The molecule has 0 amide bonds. The van der Waals surface area contributed by atoms with Gasteiger partial charge in [-0.2, -0.15) is 0 Å². The van der Waals surface area contributed by atoms with Gasteiger partial charge in [0.15, 0.2) is 0 Å². The van der Waals surface area contributed by atoms with Crippen molar-refractivity contribution >= 4 is 17.6 Å². The Kier molecular flexibility index (Phi) is 7.32. The summed E-state index contributed by atoms with van der Waals surface area (Å²) in [4.78, 5) is 11.7. The molecule has 2 rings (SSSR count). The highest BCUT2D eigenvalue weighted by Gasteiger charge is 2.21. The topological polar surface area (TPSA) is 35.5 Å². The molecule has 2 atom stereocenters. The van der Waals surface area contributed by atoms with E-state index in [0.29, 0.717) is 13.2 Å². The molecule has 0 heterocycles. The highest BCUT2D eigenvalue weighted by atomic mass is 35.5. The molecule has 0 aliphatic rings. The maximum atomic E-state index is 11.7. The van der Waals surface area contributed by atoms with E-state index in [2.05, 4.69) is 12.1 Å². The van der Waals surface area contributed by atoms with E-state index in [0.717, 1.165) is 17.2 Å². The van der Waals surface area contributed by atoms with Crippen LogP contribution in [0.3, 0.4) is 0 Å². The summed E-state index contributed by atoms with van der Waals surface area (Å²) in [7, 11) is 0. The van der Waals surface area contributed by atoms with Crippen molar-refractivity contribution in [3.05, 3.63) is 64.7 Å². The third-order valence-electron chi connectivity index (χ3n) is 4.27. The first kappa shape index (κ1) is 19.3. The molecule has 0 saturated carbocycles. The first-order chi connectivity index (χ1) is 12.0. The van der Waals surface area contributed by atoms with Gasteiger partial charge >= 0.3 is 5.97 Å². The number of hydrogen-bond acceptors (Lipinski definition) is 3. The fraction of sp³-hybridized carbons (Fsp3) is 0.381. The van der Waals surface area contributed by atoms with Crippen LogP contribution in [0.1, 0.15) is 31.9 Å². The molecular formula is C21H25ClO3. The van der Waals surface area contributed by atoms with Crippen molar-refractivity contribution in [2.24, 2.45) is 11.8 Å². The molecule has 0 aromatic heterocycles. The molecule has 0 aliphatic carbocycles. The Hall–Kier alpha value is -2.00. The highest BCUT2D eigenvalue weighted by Crippen LogP contribution is 2.19. The van der Waals surface area contributed by atoms with E-state index in [9.17, 15) is 4.79 Å². The van der Waals surface area contributed by atoms with Crippen LogP contribution in [0.4, 0.5) is 0 Å². The molecule has 4 heteroatoms. The summed E-state index contributed by atoms with van der Waals surface area (Å²) in [6.07, 6.45) is 0.855. The van der Waals surface area contributed by atoms with Crippen LogP contribution >= 0.6 is 11.6 Å². The van der Waals surface area contributed by atoms with E-state index in [1.165, 1.54) is 11.1 Å². The van der Waals surface area contributed by atoms with E-state index in [4.69, 9.17) is 21.1 Å². The SMILES string of the molecule is CCOC(=O)C(C)C(C)COc1ccc(Cc2ccc(Cl)cc2)cc1. The number of rotatable bonds is 8. The smallest absolute Gasteiger partial charge is 0.309 e. The molecule has 0 fully saturated rings. The van der Waals surface area contributed by atoms with Crippen LogP contribution < -0.4 is 4.74 Å². The molecule has 2 aromatic rings. The average molecular weight is 361 g/mol. The van der Waals surface area contributed by atoms with Crippen LogP contribution in [0.2, 0.25) is 5.02 Å². The van der Waals surface area contributed by atoms with Gasteiger partial charge in [-0.3, -0.25) is 4.79 Å². The summed E-state index contributed by atoms with van der Waals surface area (Å²) >= 11 is 5.91. The number of benzene rings is 2. The van der Waals surface area contributed by atoms with E-state index >= 15 is 0 Å². The maximum absolute atomic E-state index is 11.7. The molecule has 0 aliphatic heterocycles. The molecule has 3 nitrogen and oxygen atoms in total. The van der Waals surface area contributed by atoms with Crippen LogP contribution in [0.15, 0.2) is 48.5 Å². The van der Waals surface area contributed by atoms with Crippen LogP contribution in [0.5, 0.6) is 5.75 Å². The minimum Gasteiger partial charge on any atom is -0.493 e. The standard InChI is InChI=1S/C21H25ClO3/c1-4-24-21(23)16(3)15(2)14-25-20-11-7-18(8-12-20)13-17-5-9-19(22)10-6-17/h5-12,15-16H,4,13-14H2,1-3H3. The first-order valence-corrected chi connectivity index (χ1v) is 9.00. The van der Waals surface area contributed by atoms with E-state index in [1.54, 1.807) is 0 Å². The summed E-state index contributed by atoms with van der Waals surface area (Å²) in [6.45, 7) is 6.58. The normalized spacial score (nSPS) is 13.1. The minimum absolute atomic E-state index is 0.0905. The molecular weight excluding hydrogens is 336 g/mol. The Labute approximate surface area is 154 Å². The van der Waals surface area contributed by atoms with Crippen molar-refractivity contribution in [2.45, 2.75) is 27.2 Å². The monoisotopic (exact) mass is 360 g/mol. The van der Waals surface area contributed by atoms with Crippen LogP contribution in [0, 0.1) is 11.8 Å². The highest BCUT2D eigenvalue weighted by molar-refractivity contribution is 6.30. The Balaban J connectivity index is 1.85. The lowest BCUT2D eigenvalue weighted by molar-refractivity contribution is -0.149. The van der Waals surface area contributed by atoms with Crippen molar-refractivity contribution in [1.29, 1.82) is 0 Å². The molecule has 134 valence electrons. The van der Waals surface area contributed by atoms with Crippen molar-refractivity contribution < 1.29 is 14.3 Å². The fourth-order valence-corrected chi connectivity index (χ4v) is 2.55. The van der Waals surface area contributed by atoms with Gasteiger partial charge in [-0.1, -0.05) is 49.7 Å². The van der Waals surface area contributed by atoms with Crippen LogP contribution in [-0.2, 0) is 16.0 Å². The molecule has 0 bridgehead atoms. The quantitative estimate of drug-likeness (QED) is 0.611. The number of esters is 1. The van der Waals surface area contributed by atoms with E-state index in [-0.39, 0.29) is 17.8 Å². The van der Waals surface area contributed by atoms with Crippen LogP contribution in [-0.4, -0.2) is 19.2 Å². The van der Waals surface area contributed by atoms with Gasteiger partial charge in [0, 0.05) is 10.9 Å². The lowest BCUT2D eigenvalue weighted by atomic mass is 9.97. The molecule has 25 heavy (non-hydrogen) atoms. The van der Waals surface area contributed by atoms with Gasteiger partial charge in [0.05, 0.1) is 19.1 Å². The second-order valence-corrected chi connectivity index (χ2v) is 6.71. The zero-order chi connectivity index (χ0) is 18.2. The van der Waals surface area contributed by atoms with Crippen molar-refractivity contribution in [2.75, 3.05) is 13.2 Å². The number of halogens is 1. The molecule has 2 aromatic carbocycles. The Morgan fingerprint density at radius 1 is 1.00 bits per heavy atom. The van der Waals surface area contributed by atoms with Crippen molar-refractivity contribution in [3.63, 3.8) is 0 Å². The molecule has 2 unspecified atom stereocenters. The lowest BCUT2D eigenvalue weighted by Crippen LogP contribution is -2.25. The van der Waals surface area contributed by atoms with Gasteiger partial charge in [0.25, 0.3) is 0 Å². The van der Waals surface area contributed by atoms with Gasteiger partial charge in [-0.25, -0.2) is 0 Å². The molecule has 0 N–H and O–H groups in total. The minimum atomic E-state index is -0.177. The third kappa shape index (κ3) is 6.09. The third-order valence-corrected chi connectivity index (χ3v) is 4.52. The summed E-state index contributed by atoms with van der Waals surface area (Å²) in [5.41, 5.74) is 2.43. The number of ether oxygens (including phenoxy) is 2. The number of hydrogen-bond donors (Lipinski definition) is 0. The summed E-state index contributed by atoms with van der Waals surface area (Å²) in [6, 6.07) is 15.9. The second kappa shape index (κ2) is 9.47. The van der Waals surface area contributed by atoms with Gasteiger partial charge < -0.3 is 9.47 Å². The summed E-state index contributed by atoms with van der Waals surface area (Å²) < 4.78 is 10.9. The van der Waals surface area contributed by atoms with Gasteiger partial charge in [0.1, 0.15) is 5.75 Å². The zero-order valence-corrected chi connectivity index (χ0v) is 15.8. The zero-order valence-electron chi connectivity index (χ0n) is 15.0. The molecule has 0 radical (unpaired) electrons. The van der Waals surface area contributed by atoms with Gasteiger partial charge in [-0.05, 0) is 48.7 Å². The largest absolute Gasteiger partial charge is 0.493 e. The Morgan fingerprint density at radius 2 is 1.56 bits per heavy atom. The summed E-state index contributed by atoms with van der Waals surface area (Å²) in [5.74, 6) is 0.552. The predicted octanol–water partition coefficient (Wildman–Crippen LogP) is 5.14. The van der Waals surface area contributed by atoms with Crippen molar-refractivity contribution in [3.8, 4) is 5.75 Å². The number of carbonyl (C=O) groups excluding carboxylic acids is 1. The van der Waals surface area contributed by atoms with E-state index < -0.39 is 0 Å². The average Bonchev–Trinajstić information content (AvgIpc) is 2.62.